The maximum absolute atomic E-state index is 12.6. The van der Waals surface area contributed by atoms with Crippen LogP contribution in [0.2, 0.25) is 0 Å². The van der Waals surface area contributed by atoms with Gasteiger partial charge in [0.25, 0.3) is 10.0 Å². The molecule has 0 bridgehead atoms. The first-order valence-corrected chi connectivity index (χ1v) is 8.15. The van der Waals surface area contributed by atoms with Gasteiger partial charge in [0, 0.05) is 31.9 Å². The van der Waals surface area contributed by atoms with Crippen molar-refractivity contribution in [1.29, 1.82) is 0 Å². The normalized spacial score (nSPS) is 24.6. The number of aryl methyl sites for hydroxylation is 1. The van der Waals surface area contributed by atoms with Gasteiger partial charge in [0.1, 0.15) is 0 Å². The van der Waals surface area contributed by atoms with Crippen molar-refractivity contribution < 1.29 is 13.5 Å². The monoisotopic (exact) mass is 302 g/mol. The Morgan fingerprint density at radius 1 is 1.50 bits per heavy atom. The fraction of sp³-hybridized carbons (Fsp3) is 0.750. The van der Waals surface area contributed by atoms with Crippen LogP contribution in [0.3, 0.4) is 0 Å². The lowest BCUT2D eigenvalue weighted by atomic mass is 10.2. The van der Waals surface area contributed by atoms with Gasteiger partial charge in [-0.15, -0.1) is 0 Å². The molecule has 1 aromatic rings. The summed E-state index contributed by atoms with van der Waals surface area (Å²) in [6.45, 7) is 3.32. The minimum absolute atomic E-state index is 0.0530. The fourth-order valence-electron chi connectivity index (χ4n) is 2.51. The summed E-state index contributed by atoms with van der Waals surface area (Å²) in [7, 11) is 0.139. The maximum atomic E-state index is 12.6. The minimum Gasteiger partial charge on any atom is -0.392 e. The van der Waals surface area contributed by atoms with Gasteiger partial charge in [-0.3, -0.25) is 0 Å². The SMILES string of the molecule is CCn1cnc(S(=O)(=O)N2CC(O)CC2CN(C)C)c1. The summed E-state index contributed by atoms with van der Waals surface area (Å²) in [6, 6.07) is -0.211. The lowest BCUT2D eigenvalue weighted by Gasteiger charge is -2.25. The summed E-state index contributed by atoms with van der Waals surface area (Å²) in [4.78, 5) is 5.91. The molecular weight excluding hydrogens is 280 g/mol. The van der Waals surface area contributed by atoms with Crippen molar-refractivity contribution in [2.75, 3.05) is 27.2 Å². The zero-order valence-corrected chi connectivity index (χ0v) is 12.9. The van der Waals surface area contributed by atoms with Gasteiger partial charge in [-0.2, -0.15) is 4.31 Å². The molecule has 1 aromatic heterocycles. The molecule has 0 saturated carbocycles. The van der Waals surface area contributed by atoms with Gasteiger partial charge in [0.2, 0.25) is 0 Å². The molecule has 1 fully saturated rings. The van der Waals surface area contributed by atoms with Gasteiger partial charge in [-0.05, 0) is 27.4 Å². The van der Waals surface area contributed by atoms with Gasteiger partial charge in [0.15, 0.2) is 5.03 Å². The van der Waals surface area contributed by atoms with E-state index >= 15 is 0 Å². The standard InChI is InChI=1S/C12H22N4O3S/c1-4-15-8-12(13-9-15)20(18,19)16-7-11(17)5-10(16)6-14(2)3/h8-11,17H,4-7H2,1-3H3. The predicted molar refractivity (Wildman–Crippen MR) is 74.8 cm³/mol. The quantitative estimate of drug-likeness (QED) is 0.800. The summed E-state index contributed by atoms with van der Waals surface area (Å²) < 4.78 is 28.3. The topological polar surface area (TPSA) is 78.7 Å². The Bertz CT molecular complexity index is 555. The van der Waals surface area contributed by atoms with Crippen LogP contribution >= 0.6 is 0 Å². The molecule has 1 N–H and O–H groups in total. The first-order valence-electron chi connectivity index (χ1n) is 6.71. The number of aliphatic hydroxyl groups excluding tert-OH is 1. The van der Waals surface area contributed by atoms with E-state index in [-0.39, 0.29) is 17.6 Å². The Morgan fingerprint density at radius 2 is 2.20 bits per heavy atom. The average Bonchev–Trinajstić information content (AvgIpc) is 2.95. The predicted octanol–water partition coefficient (Wildman–Crippen LogP) is -0.411. The van der Waals surface area contributed by atoms with E-state index in [0.717, 1.165) is 0 Å². The highest BCUT2D eigenvalue weighted by molar-refractivity contribution is 7.89. The van der Waals surface area contributed by atoms with Crippen molar-refractivity contribution in [2.45, 2.75) is 37.1 Å². The molecule has 1 aliphatic heterocycles. The lowest BCUT2D eigenvalue weighted by Crippen LogP contribution is -2.41. The average molecular weight is 302 g/mol. The molecule has 0 radical (unpaired) electrons. The van der Waals surface area contributed by atoms with Crippen molar-refractivity contribution in [2.24, 2.45) is 0 Å². The summed E-state index contributed by atoms with van der Waals surface area (Å²) in [5, 5.41) is 9.85. The maximum Gasteiger partial charge on any atom is 0.262 e. The van der Waals surface area contributed by atoms with Crippen molar-refractivity contribution in [1.82, 2.24) is 18.8 Å². The number of aromatic nitrogens is 2. The molecule has 20 heavy (non-hydrogen) atoms. The Labute approximate surface area is 119 Å². The zero-order valence-electron chi connectivity index (χ0n) is 12.1. The van der Waals surface area contributed by atoms with E-state index in [1.807, 2.05) is 25.9 Å². The van der Waals surface area contributed by atoms with E-state index in [1.165, 1.54) is 16.8 Å². The van der Waals surface area contributed by atoms with E-state index in [2.05, 4.69) is 4.98 Å². The highest BCUT2D eigenvalue weighted by Gasteiger charge is 2.40. The van der Waals surface area contributed by atoms with Gasteiger partial charge in [0.05, 0.1) is 12.4 Å². The molecule has 0 aliphatic carbocycles. The first kappa shape index (κ1) is 15.4. The molecule has 7 nitrogen and oxygen atoms in total. The van der Waals surface area contributed by atoms with Crippen molar-refractivity contribution in [3.8, 4) is 0 Å². The smallest absolute Gasteiger partial charge is 0.262 e. The second kappa shape index (κ2) is 5.80. The number of imidazole rings is 1. The zero-order chi connectivity index (χ0) is 14.9. The van der Waals surface area contributed by atoms with Crippen LogP contribution in [0.15, 0.2) is 17.6 Å². The van der Waals surface area contributed by atoms with Gasteiger partial charge in [-0.25, -0.2) is 13.4 Å². The molecule has 0 aromatic carbocycles. The van der Waals surface area contributed by atoms with Crippen LogP contribution in [0.5, 0.6) is 0 Å². The van der Waals surface area contributed by atoms with Crippen molar-refractivity contribution in [3.05, 3.63) is 12.5 Å². The van der Waals surface area contributed by atoms with Crippen LogP contribution in [0.25, 0.3) is 0 Å². The molecule has 2 heterocycles. The molecule has 2 unspecified atom stereocenters. The van der Waals surface area contributed by atoms with Crippen molar-refractivity contribution in [3.63, 3.8) is 0 Å². The third-order valence-corrected chi connectivity index (χ3v) is 5.27. The van der Waals surface area contributed by atoms with Crippen LogP contribution in [0, 0.1) is 0 Å². The number of hydrogen-bond acceptors (Lipinski definition) is 5. The van der Waals surface area contributed by atoms with E-state index in [4.69, 9.17) is 0 Å². The van der Waals surface area contributed by atoms with Crippen LogP contribution in [-0.4, -0.2) is 71.6 Å². The van der Waals surface area contributed by atoms with Gasteiger partial charge in [-0.1, -0.05) is 0 Å². The first-order chi connectivity index (χ1) is 9.34. The van der Waals surface area contributed by atoms with Crippen LogP contribution in [0.4, 0.5) is 0 Å². The van der Waals surface area contributed by atoms with Gasteiger partial charge >= 0.3 is 0 Å². The Kier molecular flexibility index (Phi) is 4.48. The molecule has 0 spiro atoms. The number of hydrogen-bond donors (Lipinski definition) is 1. The number of nitrogens with zero attached hydrogens (tertiary/aromatic N) is 4. The summed E-state index contributed by atoms with van der Waals surface area (Å²) in [5.74, 6) is 0. The van der Waals surface area contributed by atoms with Gasteiger partial charge < -0.3 is 14.6 Å². The Balaban J connectivity index is 2.27. The van der Waals surface area contributed by atoms with E-state index in [0.29, 0.717) is 19.5 Å². The Hall–Kier alpha value is -0.960. The number of likely N-dealkylation sites (N-methyl/N-ethyl adjacent to an activating group) is 1. The second-order valence-electron chi connectivity index (χ2n) is 5.42. The van der Waals surface area contributed by atoms with E-state index in [9.17, 15) is 13.5 Å². The molecule has 2 rings (SSSR count). The van der Waals surface area contributed by atoms with E-state index in [1.54, 1.807) is 4.57 Å². The lowest BCUT2D eigenvalue weighted by molar-refractivity contribution is 0.188. The molecule has 1 aliphatic rings. The molecule has 114 valence electrons. The van der Waals surface area contributed by atoms with Crippen molar-refractivity contribution >= 4 is 10.0 Å². The second-order valence-corrected chi connectivity index (χ2v) is 7.26. The molecule has 8 heteroatoms. The molecule has 0 amide bonds. The highest BCUT2D eigenvalue weighted by Crippen LogP contribution is 2.25. The highest BCUT2D eigenvalue weighted by atomic mass is 32.2. The molecule has 2 atom stereocenters. The number of rotatable bonds is 5. The number of aliphatic hydroxyl groups is 1. The van der Waals surface area contributed by atoms with Crippen LogP contribution in [-0.2, 0) is 16.6 Å². The summed E-state index contributed by atoms with van der Waals surface area (Å²) in [5.41, 5.74) is 0. The third kappa shape index (κ3) is 3.03. The Morgan fingerprint density at radius 3 is 2.75 bits per heavy atom. The fourth-order valence-corrected chi connectivity index (χ4v) is 4.11. The number of sulfonamides is 1. The molecular formula is C12H22N4O3S. The minimum atomic E-state index is -3.64. The van der Waals surface area contributed by atoms with E-state index < -0.39 is 16.1 Å². The van der Waals surface area contributed by atoms with Crippen LogP contribution < -0.4 is 0 Å². The number of β-amino-alcohol motifs (C(OH)–C–C–N with tert-alkyl or cyclic N) is 1. The largest absolute Gasteiger partial charge is 0.392 e. The van der Waals surface area contributed by atoms with Crippen LogP contribution in [0.1, 0.15) is 13.3 Å². The summed E-state index contributed by atoms with van der Waals surface area (Å²) in [6.07, 6.45) is 2.90. The third-order valence-electron chi connectivity index (χ3n) is 3.47. The summed E-state index contributed by atoms with van der Waals surface area (Å²) >= 11 is 0. The molecule has 1 saturated heterocycles.